The molecule has 178 valence electrons. The third-order valence-corrected chi connectivity index (χ3v) is 0.549. The van der Waals surface area contributed by atoms with E-state index in [1.165, 1.54) is 0 Å². The van der Waals surface area contributed by atoms with E-state index in [9.17, 15) is 0 Å². The van der Waals surface area contributed by atoms with Gasteiger partial charge in [-0.2, -0.15) is 0 Å². The van der Waals surface area contributed by atoms with E-state index in [1.807, 2.05) is 0 Å². The summed E-state index contributed by atoms with van der Waals surface area (Å²) in [6.45, 7) is 0. The third kappa shape index (κ3) is 89.5. The van der Waals surface area contributed by atoms with Crippen molar-refractivity contribution in [1.82, 2.24) is 0 Å². The Morgan fingerprint density at radius 2 is 0.346 bits per heavy atom. The van der Waals surface area contributed by atoms with Crippen LogP contribution in [0.15, 0.2) is 0 Å². The second-order valence-corrected chi connectivity index (χ2v) is 1.83. The summed E-state index contributed by atoms with van der Waals surface area (Å²) < 4.78 is 0. The van der Waals surface area contributed by atoms with Crippen LogP contribution >= 0.6 is 0 Å². The van der Waals surface area contributed by atoms with E-state index >= 15 is 0 Å². The second-order valence-electron chi connectivity index (χ2n) is 1.83. The molecule has 0 rings (SSSR count). The van der Waals surface area contributed by atoms with Crippen LogP contribution in [0.25, 0.3) is 0 Å². The Morgan fingerprint density at radius 3 is 0.346 bits per heavy atom. The van der Waals surface area contributed by atoms with Gasteiger partial charge in [0, 0.05) is 93.8 Å². The maximum absolute atomic E-state index is 9.10. The molecule has 26 heavy (non-hydrogen) atoms. The van der Waals surface area contributed by atoms with E-state index < -0.39 is 35.8 Å². The van der Waals surface area contributed by atoms with Gasteiger partial charge in [-0.3, -0.25) is 0 Å². The monoisotopic (exact) mass is 726 g/mol. The van der Waals surface area contributed by atoms with Crippen LogP contribution in [-0.4, -0.2) is 99.3 Å². The maximum atomic E-state index is 9.10. The van der Waals surface area contributed by atoms with Gasteiger partial charge in [-0.15, -0.1) is 0 Å². The summed E-state index contributed by atoms with van der Waals surface area (Å²) in [6, 6.07) is 0. The first-order valence-corrected chi connectivity index (χ1v) is 3.32. The summed E-state index contributed by atoms with van der Waals surface area (Å²) in [5, 5.41) is 44.3. The first-order chi connectivity index (χ1) is 7.93. The molecule has 0 aliphatic carbocycles. The van der Waals surface area contributed by atoms with Crippen molar-refractivity contribution in [2.45, 2.75) is 0 Å². The van der Waals surface area contributed by atoms with E-state index in [0.717, 1.165) is 0 Å². The van der Waals surface area contributed by atoms with Crippen molar-refractivity contribution >= 4 is 35.8 Å². The normalized spacial score (nSPS) is 5.08. The quantitative estimate of drug-likeness (QED) is 0.127. The fourth-order valence-electron chi connectivity index (χ4n) is 0. The third-order valence-electron chi connectivity index (χ3n) is 0.549. The molecule has 0 aromatic rings. The van der Waals surface area contributed by atoms with E-state index in [0.29, 0.717) is 0 Å². The zero-order chi connectivity index (χ0) is 15.5. The van der Waals surface area contributed by atoms with E-state index in [2.05, 4.69) is 0 Å². The Kier molecular flexibility index (Phi) is 124. The molecule has 0 aliphatic heterocycles. The molecular weight excluding hydrogens is 706 g/mol. The van der Waals surface area contributed by atoms with Crippen molar-refractivity contribution in [1.29, 1.82) is 0 Å². The molecule has 0 aliphatic rings. The summed E-state index contributed by atoms with van der Waals surface area (Å²) in [7, 11) is 0. The van der Waals surface area contributed by atoms with Gasteiger partial charge in [-0.25, -0.2) is 28.8 Å². The average Bonchev–Trinajstić information content (AvgIpc) is 2.18. The molecule has 0 unspecified atom stereocenters. The number of hydrogen-bond donors (Lipinski definition) is 6. The molecule has 0 saturated heterocycles. The Bertz CT molecular complexity index is 285. The molecule has 20 heteroatoms. The smallest absolute Gasteiger partial charge is 0.414 e. The number of aliphatic carboxylic acids is 6. The van der Waals surface area contributed by atoms with Crippen LogP contribution in [0.1, 0.15) is 0 Å². The Morgan fingerprint density at radius 1 is 0.308 bits per heavy atom. The second kappa shape index (κ2) is 44.2. The van der Waals surface area contributed by atoms with E-state index in [-0.39, 0.29) is 127 Å². The Hall–Kier alpha value is -0.381. The van der Waals surface area contributed by atoms with Gasteiger partial charge in [0.2, 0.25) is 0 Å². The molecule has 0 amide bonds. The molecule has 18 nitrogen and oxygen atoms in total. The Balaban J connectivity index is -0.0000000125. The van der Waals surface area contributed by atoms with Gasteiger partial charge in [-0.1, -0.05) is 0 Å². The number of carboxylic acid groups (broad SMARTS) is 6. The standard InChI is InChI=1S/3C2H2O4.6H2O.2Yb/c3*3-1(4)2(5)6;;;;;;;;/h3*(H,3,4)(H,5,6);6*1H2;;. The fourth-order valence-corrected chi connectivity index (χ4v) is 0. The van der Waals surface area contributed by atoms with Crippen LogP contribution in [0, 0.1) is 93.8 Å². The fraction of sp³-hybridized carbons (Fsp3) is 0. The first kappa shape index (κ1) is 72.7. The van der Waals surface area contributed by atoms with Crippen LogP contribution in [0.2, 0.25) is 0 Å². The predicted octanol–water partition coefficient (Wildman–Crippen LogP) is -7.48. The van der Waals surface area contributed by atoms with Gasteiger partial charge in [0.15, 0.2) is 0 Å². The van der Waals surface area contributed by atoms with E-state index in [4.69, 9.17) is 59.4 Å². The number of carbonyl (C=O) groups is 6. The molecule has 0 atom stereocenters. The van der Waals surface area contributed by atoms with Crippen LogP contribution in [-0.2, 0) is 28.8 Å². The molecule has 0 saturated carbocycles. The molecule has 0 bridgehead atoms. The number of carboxylic acids is 6. The van der Waals surface area contributed by atoms with Crippen molar-refractivity contribution in [2.24, 2.45) is 0 Å². The summed E-state index contributed by atoms with van der Waals surface area (Å²) in [4.78, 5) is 54.6. The number of rotatable bonds is 0. The van der Waals surface area contributed by atoms with Crippen molar-refractivity contribution < 1.29 is 186 Å². The van der Waals surface area contributed by atoms with Crippen molar-refractivity contribution in [3.63, 3.8) is 0 Å². The van der Waals surface area contributed by atoms with Gasteiger partial charge >= 0.3 is 35.8 Å². The topological polar surface area (TPSA) is 413 Å². The molecule has 0 radical (unpaired) electrons. The SMILES string of the molecule is O.O.O.O.O.O.O=C(O)C(=O)O.O=C(O)C(=O)O.O=C(O)C(=O)O.[Yb].[Yb]. The minimum atomic E-state index is -1.82. The summed E-state index contributed by atoms with van der Waals surface area (Å²) in [6.07, 6.45) is 0. The molecule has 0 heterocycles. The zero-order valence-corrected chi connectivity index (χ0v) is 15.1. The van der Waals surface area contributed by atoms with Gasteiger partial charge in [0.1, 0.15) is 0 Å². The van der Waals surface area contributed by atoms with Crippen LogP contribution in [0.4, 0.5) is 0 Å². The predicted molar refractivity (Wildman–Crippen MR) is 67.5 cm³/mol. The van der Waals surface area contributed by atoms with Crippen LogP contribution in [0.3, 0.4) is 0 Å². The number of hydrogen-bond acceptors (Lipinski definition) is 6. The molecule has 18 N–H and O–H groups in total. The molecule has 0 spiro atoms. The summed E-state index contributed by atoms with van der Waals surface area (Å²) >= 11 is 0. The first-order valence-electron chi connectivity index (χ1n) is 3.32. The van der Waals surface area contributed by atoms with Crippen molar-refractivity contribution in [3.8, 4) is 0 Å². The molecule has 0 fully saturated rings. The van der Waals surface area contributed by atoms with Crippen molar-refractivity contribution in [2.75, 3.05) is 0 Å². The van der Waals surface area contributed by atoms with Gasteiger partial charge in [0.05, 0.1) is 0 Å². The average molecular weight is 724 g/mol. The summed E-state index contributed by atoms with van der Waals surface area (Å²) in [5.41, 5.74) is 0. The van der Waals surface area contributed by atoms with E-state index in [1.54, 1.807) is 0 Å². The van der Waals surface area contributed by atoms with Crippen LogP contribution < -0.4 is 0 Å². The maximum Gasteiger partial charge on any atom is 0.414 e. The largest absolute Gasteiger partial charge is 0.473 e. The minimum Gasteiger partial charge on any atom is -0.473 e. The van der Waals surface area contributed by atoms with Crippen molar-refractivity contribution in [3.05, 3.63) is 0 Å². The molecular formula is C6H18O18Yb2. The van der Waals surface area contributed by atoms with Gasteiger partial charge < -0.3 is 63.5 Å². The molecule has 0 aromatic heterocycles. The van der Waals surface area contributed by atoms with Crippen LogP contribution in [0.5, 0.6) is 0 Å². The van der Waals surface area contributed by atoms with Gasteiger partial charge in [0.25, 0.3) is 0 Å². The minimum absolute atomic E-state index is 0. The zero-order valence-electron chi connectivity index (χ0n) is 11.7. The Labute approximate surface area is 219 Å². The molecule has 0 aromatic carbocycles. The summed E-state index contributed by atoms with van der Waals surface area (Å²) in [5.74, 6) is -10.9. The van der Waals surface area contributed by atoms with Gasteiger partial charge in [-0.05, 0) is 0 Å².